The number of aromatic nitrogens is 1. The lowest BCUT2D eigenvalue weighted by atomic mass is 10.0. The summed E-state index contributed by atoms with van der Waals surface area (Å²) < 4.78 is 33.1. The standard InChI is InChI=1S/C20H17N3O5S2/c1-3-22-30(26,27)17-5-4-12(6-11(17)2)15-10-21-9-13-7-14(28-18(13)15)8-16-19(24)23-20(25)29-16/h4-10,22H,3H2,1-2H3,(H,23,24,25)/b16-8+. The highest BCUT2D eigenvalue weighted by atomic mass is 32.2. The molecule has 3 aromatic rings. The second-order valence-electron chi connectivity index (χ2n) is 6.59. The number of hydrogen-bond donors (Lipinski definition) is 2. The third-order valence-electron chi connectivity index (χ3n) is 4.47. The maximum Gasteiger partial charge on any atom is 0.290 e. The summed E-state index contributed by atoms with van der Waals surface area (Å²) in [4.78, 5) is 27.8. The van der Waals surface area contributed by atoms with Gasteiger partial charge in [-0.25, -0.2) is 13.1 Å². The van der Waals surface area contributed by atoms with E-state index >= 15 is 0 Å². The molecule has 0 aliphatic carbocycles. The number of benzene rings is 1. The molecule has 1 fully saturated rings. The Morgan fingerprint density at radius 2 is 2.03 bits per heavy atom. The lowest BCUT2D eigenvalue weighted by Gasteiger charge is -2.10. The number of pyridine rings is 1. The molecule has 1 aromatic carbocycles. The second-order valence-corrected chi connectivity index (χ2v) is 9.34. The van der Waals surface area contributed by atoms with E-state index in [1.807, 2.05) is 0 Å². The highest BCUT2D eigenvalue weighted by Gasteiger charge is 2.25. The molecule has 0 radical (unpaired) electrons. The fourth-order valence-corrected chi connectivity index (χ4v) is 5.12. The fraction of sp³-hybridized carbons (Fsp3) is 0.150. The molecular weight excluding hydrogens is 426 g/mol. The summed E-state index contributed by atoms with van der Waals surface area (Å²) in [5.74, 6) is -0.0495. The number of furan rings is 1. The first-order valence-electron chi connectivity index (χ1n) is 9.01. The fourth-order valence-electron chi connectivity index (χ4n) is 3.20. The van der Waals surface area contributed by atoms with Crippen molar-refractivity contribution < 1.29 is 22.4 Å². The number of nitrogens with zero attached hydrogens (tertiary/aromatic N) is 1. The number of amides is 2. The van der Waals surface area contributed by atoms with E-state index in [1.165, 1.54) is 6.08 Å². The zero-order chi connectivity index (χ0) is 21.5. The average molecular weight is 444 g/mol. The topological polar surface area (TPSA) is 118 Å². The van der Waals surface area contributed by atoms with Crippen LogP contribution in [-0.2, 0) is 14.8 Å². The maximum atomic E-state index is 12.3. The van der Waals surface area contributed by atoms with E-state index in [4.69, 9.17) is 4.42 Å². The second kappa shape index (κ2) is 7.71. The molecule has 2 N–H and O–H groups in total. The monoisotopic (exact) mass is 443 g/mol. The zero-order valence-electron chi connectivity index (χ0n) is 16.1. The largest absolute Gasteiger partial charge is 0.456 e. The van der Waals surface area contributed by atoms with Crippen molar-refractivity contribution in [2.75, 3.05) is 6.54 Å². The Bertz CT molecular complexity index is 1330. The van der Waals surface area contributed by atoms with Crippen LogP contribution in [0.1, 0.15) is 18.2 Å². The number of imide groups is 1. The van der Waals surface area contributed by atoms with Crippen molar-refractivity contribution in [1.29, 1.82) is 0 Å². The lowest BCUT2D eigenvalue weighted by Crippen LogP contribution is -2.23. The Morgan fingerprint density at radius 3 is 2.70 bits per heavy atom. The van der Waals surface area contributed by atoms with Gasteiger partial charge in [0, 0.05) is 36.0 Å². The number of nitrogens with one attached hydrogen (secondary N) is 2. The van der Waals surface area contributed by atoms with Crippen LogP contribution in [0.2, 0.25) is 0 Å². The van der Waals surface area contributed by atoms with Gasteiger partial charge >= 0.3 is 0 Å². The number of carbonyl (C=O) groups excluding carboxylic acids is 2. The van der Waals surface area contributed by atoms with Crippen molar-refractivity contribution in [3.05, 3.63) is 52.9 Å². The number of thioether (sulfide) groups is 1. The number of fused-ring (bicyclic) bond motifs is 1. The van der Waals surface area contributed by atoms with Gasteiger partial charge in [-0.15, -0.1) is 0 Å². The van der Waals surface area contributed by atoms with E-state index in [1.54, 1.807) is 50.5 Å². The summed E-state index contributed by atoms with van der Waals surface area (Å²) >= 11 is 0.812. The molecule has 8 nitrogen and oxygen atoms in total. The van der Waals surface area contributed by atoms with Crippen molar-refractivity contribution in [1.82, 2.24) is 15.0 Å². The van der Waals surface area contributed by atoms with E-state index in [-0.39, 0.29) is 9.80 Å². The Labute approximate surface area is 176 Å². The molecule has 2 aromatic heterocycles. The SMILES string of the molecule is CCNS(=O)(=O)c1ccc(-c2cncc3cc(/C=C4/SC(=O)NC4=O)oc23)cc1C. The van der Waals surface area contributed by atoms with Crippen LogP contribution in [0.15, 0.2) is 50.9 Å². The van der Waals surface area contributed by atoms with Crippen molar-refractivity contribution in [3.63, 3.8) is 0 Å². The number of hydrogen-bond acceptors (Lipinski definition) is 7. The zero-order valence-corrected chi connectivity index (χ0v) is 17.7. The molecule has 0 spiro atoms. The van der Waals surface area contributed by atoms with Crippen LogP contribution in [0.25, 0.3) is 28.2 Å². The molecule has 3 heterocycles. The van der Waals surface area contributed by atoms with Gasteiger partial charge in [-0.2, -0.15) is 0 Å². The van der Waals surface area contributed by atoms with Crippen LogP contribution < -0.4 is 10.0 Å². The number of carbonyl (C=O) groups is 2. The van der Waals surface area contributed by atoms with Crippen LogP contribution >= 0.6 is 11.8 Å². The minimum Gasteiger partial charge on any atom is -0.456 e. The first kappa shape index (κ1) is 20.3. The van der Waals surface area contributed by atoms with Crippen LogP contribution in [0.3, 0.4) is 0 Å². The smallest absolute Gasteiger partial charge is 0.290 e. The van der Waals surface area contributed by atoms with E-state index in [0.717, 1.165) is 22.7 Å². The molecule has 1 aliphatic rings. The number of rotatable bonds is 5. The molecule has 0 unspecified atom stereocenters. The van der Waals surface area contributed by atoms with Crippen LogP contribution in [-0.4, -0.2) is 31.1 Å². The summed E-state index contributed by atoms with van der Waals surface area (Å²) in [5.41, 5.74) is 2.58. The van der Waals surface area contributed by atoms with Crippen molar-refractivity contribution in [3.8, 4) is 11.1 Å². The maximum absolute atomic E-state index is 12.3. The normalized spacial score (nSPS) is 15.9. The van der Waals surface area contributed by atoms with Gasteiger partial charge < -0.3 is 4.42 Å². The van der Waals surface area contributed by atoms with Gasteiger partial charge in [0.15, 0.2) is 0 Å². The summed E-state index contributed by atoms with van der Waals surface area (Å²) in [6.07, 6.45) is 4.77. The Kier molecular flexibility index (Phi) is 5.22. The molecule has 4 rings (SSSR count). The summed E-state index contributed by atoms with van der Waals surface area (Å²) in [7, 11) is -3.57. The van der Waals surface area contributed by atoms with Gasteiger partial charge in [0.2, 0.25) is 10.0 Å². The molecule has 0 bridgehead atoms. The lowest BCUT2D eigenvalue weighted by molar-refractivity contribution is -0.115. The summed E-state index contributed by atoms with van der Waals surface area (Å²) in [6, 6.07) is 6.75. The van der Waals surface area contributed by atoms with Gasteiger partial charge in [0.25, 0.3) is 11.1 Å². The Hall–Kier alpha value is -2.95. The summed E-state index contributed by atoms with van der Waals surface area (Å²) in [6.45, 7) is 3.76. The minimum absolute atomic E-state index is 0.215. The third-order valence-corrected chi connectivity index (χ3v) is 6.98. The molecule has 1 aliphatic heterocycles. The molecule has 1 saturated heterocycles. The highest BCUT2D eigenvalue weighted by molar-refractivity contribution is 8.18. The first-order chi connectivity index (χ1) is 14.3. The molecule has 10 heteroatoms. The van der Waals surface area contributed by atoms with Gasteiger partial charge in [0.05, 0.1) is 9.80 Å². The van der Waals surface area contributed by atoms with Crippen LogP contribution in [0.4, 0.5) is 4.79 Å². The summed E-state index contributed by atoms with van der Waals surface area (Å²) in [5, 5.41) is 2.49. The molecule has 0 atom stereocenters. The van der Waals surface area contributed by atoms with E-state index in [2.05, 4.69) is 15.0 Å². The number of aryl methyl sites for hydroxylation is 1. The quantitative estimate of drug-likeness (QED) is 0.580. The van der Waals surface area contributed by atoms with Crippen molar-refractivity contribution in [2.45, 2.75) is 18.7 Å². The van der Waals surface area contributed by atoms with Crippen LogP contribution in [0, 0.1) is 6.92 Å². The molecule has 154 valence electrons. The predicted molar refractivity (Wildman–Crippen MR) is 114 cm³/mol. The Balaban J connectivity index is 1.76. The van der Waals surface area contributed by atoms with Gasteiger partial charge in [-0.3, -0.25) is 19.9 Å². The van der Waals surface area contributed by atoms with Crippen molar-refractivity contribution in [2.24, 2.45) is 0 Å². The minimum atomic E-state index is -3.57. The number of sulfonamides is 1. The highest BCUT2D eigenvalue weighted by Crippen LogP contribution is 2.34. The average Bonchev–Trinajstić information content (AvgIpc) is 3.23. The van der Waals surface area contributed by atoms with Crippen molar-refractivity contribution >= 4 is 50.0 Å². The molecule has 2 amide bonds. The van der Waals surface area contributed by atoms with E-state index < -0.39 is 21.2 Å². The van der Waals surface area contributed by atoms with E-state index in [9.17, 15) is 18.0 Å². The predicted octanol–water partition coefficient (Wildman–Crippen LogP) is 3.43. The van der Waals surface area contributed by atoms with Gasteiger partial charge in [-0.1, -0.05) is 13.0 Å². The van der Waals surface area contributed by atoms with Gasteiger partial charge in [-0.05, 0) is 48.0 Å². The van der Waals surface area contributed by atoms with E-state index in [0.29, 0.717) is 29.0 Å². The third kappa shape index (κ3) is 3.76. The van der Waals surface area contributed by atoms with Crippen LogP contribution in [0.5, 0.6) is 0 Å². The van der Waals surface area contributed by atoms with Gasteiger partial charge in [0.1, 0.15) is 11.3 Å². The first-order valence-corrected chi connectivity index (χ1v) is 11.3. The Morgan fingerprint density at radius 1 is 1.23 bits per heavy atom. The molecule has 0 saturated carbocycles. The molecule has 30 heavy (non-hydrogen) atoms. The molecular formula is C20H17N3O5S2.